The molecule has 0 saturated heterocycles. The number of benzene rings is 1. The number of carbonyl (C=O) groups excluding carboxylic acids is 1. The second kappa shape index (κ2) is 6.08. The van der Waals surface area contributed by atoms with Crippen LogP contribution in [-0.2, 0) is 14.8 Å². The third-order valence-electron chi connectivity index (χ3n) is 2.47. The molecule has 9 nitrogen and oxygen atoms in total. The Bertz CT molecular complexity index is 656. The number of sulfonamides is 1. The third-order valence-corrected chi connectivity index (χ3v) is 3.39. The Morgan fingerprint density at radius 2 is 2.00 bits per heavy atom. The first-order valence-electron chi connectivity index (χ1n) is 5.66. The van der Waals surface area contributed by atoms with Gasteiger partial charge in [-0.05, 0) is 25.1 Å². The molecule has 116 valence electrons. The van der Waals surface area contributed by atoms with Crippen molar-refractivity contribution < 1.29 is 28.2 Å². The highest BCUT2D eigenvalue weighted by Gasteiger charge is 2.30. The third kappa shape index (κ3) is 5.02. The van der Waals surface area contributed by atoms with Crippen LogP contribution in [0.3, 0.4) is 0 Å². The predicted octanol–water partition coefficient (Wildman–Crippen LogP) is -0.709. The maximum Gasteiger partial charge on any atom is 0.337 e. The number of carboxylic acid groups (broad SMARTS) is 1. The summed E-state index contributed by atoms with van der Waals surface area (Å²) in [6.07, 6.45) is 0. The molecule has 1 aromatic carbocycles. The monoisotopic (exact) mass is 317 g/mol. The molecule has 1 unspecified atom stereocenters. The van der Waals surface area contributed by atoms with Crippen LogP contribution in [0, 0.1) is 0 Å². The summed E-state index contributed by atoms with van der Waals surface area (Å²) in [5, 5.41) is 27.5. The normalized spacial score (nSPS) is 14.0. The summed E-state index contributed by atoms with van der Waals surface area (Å²) in [4.78, 5) is 22.0. The lowest BCUT2D eigenvalue weighted by atomic mass is 10.1. The number of carbonyl (C=O) groups is 2. The van der Waals surface area contributed by atoms with E-state index in [0.29, 0.717) is 0 Å². The van der Waals surface area contributed by atoms with Crippen molar-refractivity contribution in [2.24, 2.45) is 5.14 Å². The van der Waals surface area contributed by atoms with E-state index in [1.54, 1.807) is 0 Å². The molecule has 0 aliphatic rings. The van der Waals surface area contributed by atoms with Gasteiger partial charge >= 0.3 is 12.0 Å². The minimum absolute atomic E-state index is 0.147. The lowest BCUT2D eigenvalue weighted by Crippen LogP contribution is -2.47. The SMILES string of the molecule is CC(O)(CNC(=O)Nc1cccc(S(N)(=O)=O)c1)C(=O)O. The second-order valence-corrected chi connectivity index (χ2v) is 6.02. The number of aliphatic hydroxyl groups is 1. The number of rotatable bonds is 5. The van der Waals surface area contributed by atoms with Crippen LogP contribution >= 0.6 is 0 Å². The minimum atomic E-state index is -3.90. The molecule has 0 heterocycles. The van der Waals surface area contributed by atoms with Crippen LogP contribution in [0.2, 0.25) is 0 Å². The van der Waals surface area contributed by atoms with E-state index in [0.717, 1.165) is 13.0 Å². The maximum atomic E-state index is 11.5. The van der Waals surface area contributed by atoms with Crippen LogP contribution in [0.5, 0.6) is 0 Å². The van der Waals surface area contributed by atoms with Crippen LogP contribution in [0.4, 0.5) is 10.5 Å². The number of amides is 2. The Morgan fingerprint density at radius 3 is 2.52 bits per heavy atom. The summed E-state index contributed by atoms with van der Waals surface area (Å²) < 4.78 is 22.3. The Hall–Kier alpha value is -2.17. The number of carboxylic acids is 1. The van der Waals surface area contributed by atoms with Crippen LogP contribution in [0.15, 0.2) is 29.2 Å². The van der Waals surface area contributed by atoms with Gasteiger partial charge in [-0.1, -0.05) is 6.07 Å². The lowest BCUT2D eigenvalue weighted by molar-refractivity contribution is -0.155. The van der Waals surface area contributed by atoms with E-state index in [2.05, 4.69) is 10.6 Å². The van der Waals surface area contributed by atoms with Gasteiger partial charge in [-0.25, -0.2) is 23.1 Å². The molecule has 1 rings (SSSR count). The second-order valence-electron chi connectivity index (χ2n) is 4.46. The fraction of sp³-hybridized carbons (Fsp3) is 0.273. The van der Waals surface area contributed by atoms with Crippen LogP contribution in [-0.4, -0.2) is 42.8 Å². The number of anilines is 1. The quantitative estimate of drug-likeness (QED) is 0.482. The number of urea groups is 1. The average Bonchev–Trinajstić information content (AvgIpc) is 2.35. The fourth-order valence-corrected chi connectivity index (χ4v) is 1.81. The van der Waals surface area contributed by atoms with Gasteiger partial charge in [-0.15, -0.1) is 0 Å². The summed E-state index contributed by atoms with van der Waals surface area (Å²) in [5.41, 5.74) is -1.96. The molecule has 0 bridgehead atoms. The van der Waals surface area contributed by atoms with Gasteiger partial charge in [0.2, 0.25) is 10.0 Å². The zero-order chi connectivity index (χ0) is 16.3. The van der Waals surface area contributed by atoms with E-state index in [9.17, 15) is 23.1 Å². The van der Waals surface area contributed by atoms with Gasteiger partial charge in [0.1, 0.15) is 0 Å². The Kier molecular flexibility index (Phi) is 4.88. The number of hydrogen-bond acceptors (Lipinski definition) is 5. The summed E-state index contributed by atoms with van der Waals surface area (Å²) in [6, 6.07) is 4.40. The van der Waals surface area contributed by atoms with Gasteiger partial charge in [0, 0.05) is 5.69 Å². The molecular formula is C11H15N3O6S. The summed E-state index contributed by atoms with van der Waals surface area (Å²) in [7, 11) is -3.90. The fourth-order valence-electron chi connectivity index (χ4n) is 1.25. The average molecular weight is 317 g/mol. The number of nitrogens with two attached hydrogens (primary N) is 1. The maximum absolute atomic E-state index is 11.5. The van der Waals surface area contributed by atoms with E-state index in [1.807, 2.05) is 0 Å². The van der Waals surface area contributed by atoms with Crippen molar-refractivity contribution in [2.45, 2.75) is 17.4 Å². The van der Waals surface area contributed by atoms with Crippen LogP contribution in [0.1, 0.15) is 6.92 Å². The molecule has 0 radical (unpaired) electrons. The molecule has 0 aliphatic carbocycles. The predicted molar refractivity (Wildman–Crippen MR) is 73.1 cm³/mol. The van der Waals surface area contributed by atoms with Crippen molar-refractivity contribution in [3.05, 3.63) is 24.3 Å². The number of hydrogen-bond donors (Lipinski definition) is 5. The zero-order valence-corrected chi connectivity index (χ0v) is 11.8. The van der Waals surface area contributed by atoms with Crippen molar-refractivity contribution in [3.63, 3.8) is 0 Å². The summed E-state index contributed by atoms with van der Waals surface area (Å²) >= 11 is 0. The molecule has 0 aromatic heterocycles. The number of nitrogens with one attached hydrogen (secondary N) is 2. The van der Waals surface area contributed by atoms with Gasteiger partial charge < -0.3 is 20.8 Å². The Labute approximate surface area is 120 Å². The first-order valence-corrected chi connectivity index (χ1v) is 7.20. The van der Waals surface area contributed by atoms with Crippen molar-refractivity contribution in [3.8, 4) is 0 Å². The summed E-state index contributed by atoms with van der Waals surface area (Å²) in [5.74, 6) is -1.49. The standard InChI is InChI=1S/C11H15N3O6S/c1-11(18,9(15)16)6-13-10(17)14-7-3-2-4-8(5-7)21(12,19)20/h2-5,18H,6H2,1H3,(H,15,16)(H2,12,19,20)(H2,13,14,17). The van der Waals surface area contributed by atoms with E-state index < -0.39 is 34.2 Å². The van der Waals surface area contributed by atoms with Crippen LogP contribution < -0.4 is 15.8 Å². The number of primary sulfonamides is 1. The molecule has 0 aliphatic heterocycles. The van der Waals surface area contributed by atoms with Gasteiger partial charge in [-0.2, -0.15) is 0 Å². The van der Waals surface area contributed by atoms with E-state index in [1.165, 1.54) is 18.2 Å². The highest BCUT2D eigenvalue weighted by atomic mass is 32.2. The molecule has 6 N–H and O–H groups in total. The number of aliphatic carboxylic acids is 1. The molecular weight excluding hydrogens is 302 g/mol. The minimum Gasteiger partial charge on any atom is -0.479 e. The first kappa shape index (κ1) is 16.9. The molecule has 0 saturated carbocycles. The van der Waals surface area contributed by atoms with Crippen molar-refractivity contribution in [2.75, 3.05) is 11.9 Å². The highest BCUT2D eigenvalue weighted by Crippen LogP contribution is 2.13. The summed E-state index contributed by atoms with van der Waals surface area (Å²) in [6.45, 7) is 0.500. The zero-order valence-electron chi connectivity index (χ0n) is 11.0. The van der Waals surface area contributed by atoms with E-state index in [-0.39, 0.29) is 10.6 Å². The van der Waals surface area contributed by atoms with Gasteiger partial charge in [-0.3, -0.25) is 0 Å². The van der Waals surface area contributed by atoms with Crippen LogP contribution in [0.25, 0.3) is 0 Å². The lowest BCUT2D eigenvalue weighted by Gasteiger charge is -2.18. The van der Waals surface area contributed by atoms with Crippen molar-refractivity contribution >= 4 is 27.7 Å². The molecule has 21 heavy (non-hydrogen) atoms. The Balaban J connectivity index is 2.70. The molecule has 2 amide bonds. The van der Waals surface area contributed by atoms with Crippen molar-refractivity contribution in [1.82, 2.24) is 5.32 Å². The molecule has 10 heteroatoms. The van der Waals surface area contributed by atoms with Gasteiger partial charge in [0.15, 0.2) is 5.60 Å². The highest BCUT2D eigenvalue weighted by molar-refractivity contribution is 7.89. The topological polar surface area (TPSA) is 159 Å². The van der Waals surface area contributed by atoms with E-state index in [4.69, 9.17) is 10.2 Å². The van der Waals surface area contributed by atoms with E-state index >= 15 is 0 Å². The Morgan fingerprint density at radius 1 is 1.38 bits per heavy atom. The molecule has 0 fully saturated rings. The molecule has 0 spiro atoms. The van der Waals surface area contributed by atoms with Gasteiger partial charge in [0.25, 0.3) is 0 Å². The molecule has 1 atom stereocenters. The largest absolute Gasteiger partial charge is 0.479 e. The first-order chi connectivity index (χ1) is 9.52. The smallest absolute Gasteiger partial charge is 0.337 e. The van der Waals surface area contributed by atoms with Crippen molar-refractivity contribution in [1.29, 1.82) is 0 Å². The van der Waals surface area contributed by atoms with Gasteiger partial charge in [0.05, 0.1) is 11.4 Å². The molecule has 1 aromatic rings.